The van der Waals surface area contributed by atoms with Gasteiger partial charge in [-0.1, -0.05) is 36.4 Å². The van der Waals surface area contributed by atoms with E-state index in [0.29, 0.717) is 12.2 Å². The molecular formula is C26H30N6O3. The van der Waals surface area contributed by atoms with Gasteiger partial charge in [0.2, 0.25) is 0 Å². The zero-order chi connectivity index (χ0) is 24.8. The molecule has 1 saturated heterocycles. The zero-order valence-corrected chi connectivity index (χ0v) is 20.0. The van der Waals surface area contributed by atoms with Crippen molar-refractivity contribution in [3.05, 3.63) is 87.6 Å². The summed E-state index contributed by atoms with van der Waals surface area (Å²) in [4.78, 5) is 32.5. The first-order valence-electron chi connectivity index (χ1n) is 11.7. The minimum absolute atomic E-state index is 0.167. The van der Waals surface area contributed by atoms with Crippen molar-refractivity contribution < 1.29 is 9.72 Å². The number of rotatable bonds is 6. The Bertz CT molecular complexity index is 1180. The third kappa shape index (κ3) is 6.13. The van der Waals surface area contributed by atoms with E-state index < -0.39 is 0 Å². The van der Waals surface area contributed by atoms with E-state index in [-0.39, 0.29) is 16.6 Å². The van der Waals surface area contributed by atoms with Gasteiger partial charge in [0, 0.05) is 50.0 Å². The molecule has 0 bridgehead atoms. The van der Waals surface area contributed by atoms with Gasteiger partial charge in [-0.15, -0.1) is 0 Å². The standard InChI is InChI=1S/C26H30N6O3/c1-19-7-5-8-20(2)25(19)29-26(33)28-22-11-12-24(27-17-22)31-14-6-13-30(15-16-31)18-21-9-3-4-10-23(21)32(34)35/h3-5,7-12,17H,6,13-16,18H2,1-2H3,(H2,28,29,33). The van der Waals surface area contributed by atoms with Gasteiger partial charge >= 0.3 is 6.03 Å². The molecule has 3 aromatic rings. The van der Waals surface area contributed by atoms with Crippen LogP contribution in [-0.4, -0.2) is 47.0 Å². The Hall–Kier alpha value is -3.98. The lowest BCUT2D eigenvalue weighted by molar-refractivity contribution is -0.385. The van der Waals surface area contributed by atoms with Gasteiger partial charge in [-0.25, -0.2) is 9.78 Å². The van der Waals surface area contributed by atoms with Crippen molar-refractivity contribution in [1.82, 2.24) is 9.88 Å². The van der Waals surface area contributed by atoms with E-state index in [0.717, 1.165) is 60.8 Å². The van der Waals surface area contributed by atoms with Crippen LogP contribution >= 0.6 is 0 Å². The molecule has 1 aliphatic rings. The zero-order valence-electron chi connectivity index (χ0n) is 20.0. The van der Waals surface area contributed by atoms with Crippen LogP contribution in [0.3, 0.4) is 0 Å². The van der Waals surface area contributed by atoms with Crippen molar-refractivity contribution in [2.24, 2.45) is 0 Å². The fraction of sp³-hybridized carbons (Fsp3) is 0.308. The number of amides is 2. The number of aryl methyl sites for hydroxylation is 2. The molecule has 35 heavy (non-hydrogen) atoms. The van der Waals surface area contributed by atoms with Gasteiger partial charge in [0.05, 0.1) is 16.8 Å². The second-order valence-electron chi connectivity index (χ2n) is 8.75. The van der Waals surface area contributed by atoms with Crippen molar-refractivity contribution >= 4 is 28.9 Å². The molecule has 4 rings (SSSR count). The van der Waals surface area contributed by atoms with Gasteiger partial charge in [-0.3, -0.25) is 15.0 Å². The first-order chi connectivity index (χ1) is 16.9. The number of hydrogen-bond donors (Lipinski definition) is 2. The fourth-order valence-corrected chi connectivity index (χ4v) is 4.36. The van der Waals surface area contributed by atoms with E-state index in [9.17, 15) is 14.9 Å². The number of pyridine rings is 1. The number of carbonyl (C=O) groups is 1. The Labute approximate surface area is 204 Å². The van der Waals surface area contributed by atoms with Gasteiger partial charge in [-0.05, 0) is 43.5 Å². The number of hydrogen-bond acceptors (Lipinski definition) is 6. The lowest BCUT2D eigenvalue weighted by Crippen LogP contribution is -2.31. The van der Waals surface area contributed by atoms with Gasteiger partial charge in [0.1, 0.15) is 5.82 Å². The highest BCUT2D eigenvalue weighted by molar-refractivity contribution is 6.00. The molecule has 2 heterocycles. The molecular weight excluding hydrogens is 444 g/mol. The first-order valence-corrected chi connectivity index (χ1v) is 11.7. The van der Waals surface area contributed by atoms with Gasteiger partial charge in [-0.2, -0.15) is 0 Å². The maximum Gasteiger partial charge on any atom is 0.323 e. The molecule has 1 fully saturated rings. The number of carbonyl (C=O) groups excluding carboxylic acids is 1. The van der Waals surface area contributed by atoms with Crippen LogP contribution in [0.25, 0.3) is 0 Å². The highest BCUT2D eigenvalue weighted by Gasteiger charge is 2.20. The summed E-state index contributed by atoms with van der Waals surface area (Å²) in [5, 5.41) is 17.1. The summed E-state index contributed by atoms with van der Waals surface area (Å²) in [7, 11) is 0. The van der Waals surface area contributed by atoms with Crippen LogP contribution in [0.1, 0.15) is 23.1 Å². The van der Waals surface area contributed by atoms with Crippen LogP contribution in [0.5, 0.6) is 0 Å². The number of aromatic nitrogens is 1. The molecule has 2 aromatic carbocycles. The molecule has 2 amide bonds. The summed E-state index contributed by atoms with van der Waals surface area (Å²) in [5.74, 6) is 0.846. The molecule has 182 valence electrons. The molecule has 9 heteroatoms. The SMILES string of the molecule is Cc1cccc(C)c1NC(=O)Nc1ccc(N2CCCN(Cc3ccccc3[N+](=O)[O-])CC2)nc1. The van der Waals surface area contributed by atoms with Crippen molar-refractivity contribution in [2.75, 3.05) is 41.7 Å². The lowest BCUT2D eigenvalue weighted by atomic mass is 10.1. The monoisotopic (exact) mass is 474 g/mol. The van der Waals surface area contributed by atoms with Crippen molar-refractivity contribution in [3.8, 4) is 0 Å². The Kier molecular flexibility index (Phi) is 7.57. The third-order valence-corrected chi connectivity index (χ3v) is 6.22. The second kappa shape index (κ2) is 11.0. The van der Waals surface area contributed by atoms with E-state index >= 15 is 0 Å². The van der Waals surface area contributed by atoms with E-state index in [4.69, 9.17) is 0 Å². The Morgan fingerprint density at radius 3 is 2.46 bits per heavy atom. The molecule has 0 radical (unpaired) electrons. The van der Waals surface area contributed by atoms with Gasteiger partial charge in [0.25, 0.3) is 5.69 Å². The third-order valence-electron chi connectivity index (χ3n) is 6.22. The van der Waals surface area contributed by atoms with E-state index in [1.807, 2.05) is 56.3 Å². The maximum atomic E-state index is 12.5. The quantitative estimate of drug-likeness (QED) is 0.386. The summed E-state index contributed by atoms with van der Waals surface area (Å²) in [5.41, 5.74) is 4.34. The average molecular weight is 475 g/mol. The van der Waals surface area contributed by atoms with Gasteiger partial charge in [0.15, 0.2) is 0 Å². The molecule has 9 nitrogen and oxygen atoms in total. The van der Waals surface area contributed by atoms with Crippen LogP contribution in [-0.2, 0) is 6.54 Å². The summed E-state index contributed by atoms with van der Waals surface area (Å²) in [6.45, 7) is 7.74. The first kappa shape index (κ1) is 24.2. The van der Waals surface area contributed by atoms with E-state index in [1.54, 1.807) is 18.3 Å². The van der Waals surface area contributed by atoms with Crippen LogP contribution in [0.4, 0.5) is 27.7 Å². The maximum absolute atomic E-state index is 12.5. The Morgan fingerprint density at radius 2 is 1.74 bits per heavy atom. The predicted octanol–water partition coefficient (Wildman–Crippen LogP) is 4.96. The number of nitro groups is 1. The van der Waals surface area contributed by atoms with Crippen molar-refractivity contribution in [3.63, 3.8) is 0 Å². The largest absolute Gasteiger partial charge is 0.355 e. The second-order valence-corrected chi connectivity index (χ2v) is 8.75. The topological polar surface area (TPSA) is 104 Å². The lowest BCUT2D eigenvalue weighted by Gasteiger charge is -2.23. The van der Waals surface area contributed by atoms with Crippen LogP contribution in [0.15, 0.2) is 60.8 Å². The molecule has 0 spiro atoms. The van der Waals surface area contributed by atoms with E-state index in [2.05, 4.69) is 25.4 Å². The van der Waals surface area contributed by atoms with Crippen molar-refractivity contribution in [1.29, 1.82) is 0 Å². The number of nitrogens with zero attached hydrogens (tertiary/aromatic N) is 4. The average Bonchev–Trinajstić information content (AvgIpc) is 3.08. The van der Waals surface area contributed by atoms with Gasteiger partial charge < -0.3 is 15.5 Å². The van der Waals surface area contributed by atoms with Crippen LogP contribution in [0, 0.1) is 24.0 Å². The fourth-order valence-electron chi connectivity index (χ4n) is 4.36. The predicted molar refractivity (Wildman–Crippen MR) is 138 cm³/mol. The Balaban J connectivity index is 1.33. The normalized spacial score (nSPS) is 14.3. The molecule has 0 aliphatic carbocycles. The number of anilines is 3. The van der Waals surface area contributed by atoms with Crippen LogP contribution in [0.2, 0.25) is 0 Å². The molecule has 1 aliphatic heterocycles. The molecule has 0 unspecified atom stereocenters. The molecule has 2 N–H and O–H groups in total. The van der Waals surface area contributed by atoms with E-state index in [1.165, 1.54) is 0 Å². The number of nitrogens with one attached hydrogen (secondary N) is 2. The Morgan fingerprint density at radius 1 is 0.971 bits per heavy atom. The van der Waals surface area contributed by atoms with Crippen LogP contribution < -0.4 is 15.5 Å². The highest BCUT2D eigenvalue weighted by Crippen LogP contribution is 2.22. The summed E-state index contributed by atoms with van der Waals surface area (Å²) in [6.07, 6.45) is 2.59. The number of nitro benzene ring substituents is 1. The molecule has 0 saturated carbocycles. The number of benzene rings is 2. The minimum atomic E-state index is -0.318. The summed E-state index contributed by atoms with van der Waals surface area (Å²) in [6, 6.07) is 16.3. The molecule has 0 atom stereocenters. The smallest absolute Gasteiger partial charge is 0.323 e. The summed E-state index contributed by atoms with van der Waals surface area (Å²) < 4.78 is 0. The minimum Gasteiger partial charge on any atom is -0.355 e. The highest BCUT2D eigenvalue weighted by atomic mass is 16.6. The summed E-state index contributed by atoms with van der Waals surface area (Å²) >= 11 is 0. The van der Waals surface area contributed by atoms with Crippen molar-refractivity contribution in [2.45, 2.75) is 26.8 Å². The number of urea groups is 1. The molecule has 1 aromatic heterocycles. The number of para-hydroxylation sites is 2.